The number of allylic oxidation sites excluding steroid dienone is 2. The number of hydrogen-bond acceptors (Lipinski definition) is 11. The third kappa shape index (κ3) is 19.1. The number of ether oxygens (including phenoxy) is 4. The minimum absolute atomic E-state index is 0.00540. The van der Waals surface area contributed by atoms with E-state index >= 15 is 0 Å². The number of pyridine rings is 1. The maximum Gasteiger partial charge on any atom is 0.408 e. The number of benzene rings is 2. The summed E-state index contributed by atoms with van der Waals surface area (Å²) in [5.74, 6) is 12.2. The summed E-state index contributed by atoms with van der Waals surface area (Å²) in [6.45, 7) is 10.9. The van der Waals surface area contributed by atoms with Crippen LogP contribution >= 0.6 is 0 Å². The number of esters is 1. The number of aromatic nitrogens is 1. The summed E-state index contributed by atoms with van der Waals surface area (Å²) in [7, 11) is 4.87. The van der Waals surface area contributed by atoms with E-state index in [-0.39, 0.29) is 25.7 Å². The molecule has 0 bridgehead atoms. The van der Waals surface area contributed by atoms with E-state index in [2.05, 4.69) is 93.1 Å². The smallest absolute Gasteiger partial charge is 0.408 e. The van der Waals surface area contributed by atoms with Gasteiger partial charge in [-0.3, -0.25) is 4.79 Å². The van der Waals surface area contributed by atoms with Crippen molar-refractivity contribution in [2.24, 2.45) is 5.73 Å². The van der Waals surface area contributed by atoms with Crippen molar-refractivity contribution < 1.29 is 33.3 Å². The molecule has 1 unspecified atom stereocenters. The van der Waals surface area contributed by atoms with Gasteiger partial charge in [-0.1, -0.05) is 66.2 Å². The van der Waals surface area contributed by atoms with Gasteiger partial charge in [0.05, 0.1) is 20.0 Å². The van der Waals surface area contributed by atoms with Crippen molar-refractivity contribution in [2.45, 2.75) is 58.2 Å². The van der Waals surface area contributed by atoms with Crippen molar-refractivity contribution in [1.29, 1.82) is 0 Å². The molecule has 1 heterocycles. The van der Waals surface area contributed by atoms with Gasteiger partial charge >= 0.3 is 12.1 Å². The van der Waals surface area contributed by atoms with Crippen molar-refractivity contribution in [1.82, 2.24) is 15.6 Å². The van der Waals surface area contributed by atoms with E-state index in [1.807, 2.05) is 25.3 Å². The van der Waals surface area contributed by atoms with Crippen molar-refractivity contribution in [3.05, 3.63) is 130 Å². The van der Waals surface area contributed by atoms with Crippen LogP contribution in [0.15, 0.2) is 96.9 Å². The highest BCUT2D eigenvalue weighted by Gasteiger charge is 2.20. The maximum absolute atomic E-state index is 11.8. The summed E-state index contributed by atoms with van der Waals surface area (Å²) in [4.78, 5) is 36.9. The van der Waals surface area contributed by atoms with Gasteiger partial charge in [0.2, 0.25) is 0 Å². The number of amides is 1. The Hall–Kier alpha value is -6.34. The Morgan fingerprint density at radius 3 is 2.29 bits per heavy atom. The van der Waals surface area contributed by atoms with E-state index in [1.165, 1.54) is 23.8 Å². The van der Waals surface area contributed by atoms with Gasteiger partial charge in [0, 0.05) is 48.4 Å². The molecular weight excluding hydrogens is 711 g/mol. The molecule has 0 fully saturated rings. The molecule has 12 heteroatoms. The first-order chi connectivity index (χ1) is 27.0. The first kappa shape index (κ1) is 45.8. The third-order valence-corrected chi connectivity index (χ3v) is 7.97. The quantitative estimate of drug-likeness (QED) is 0.0319. The monoisotopic (exact) mass is 763 g/mol. The van der Waals surface area contributed by atoms with Crippen LogP contribution in [0.5, 0.6) is 0 Å². The normalized spacial score (nSPS) is 12.2. The van der Waals surface area contributed by atoms with E-state index in [0.29, 0.717) is 48.2 Å². The first-order valence-electron chi connectivity index (χ1n) is 17.9. The fourth-order valence-electron chi connectivity index (χ4n) is 5.03. The average molecular weight is 764 g/mol. The van der Waals surface area contributed by atoms with Gasteiger partial charge in [-0.15, -0.1) is 6.58 Å². The molecule has 1 amide bonds. The molecule has 0 saturated heterocycles. The van der Waals surface area contributed by atoms with Crippen molar-refractivity contribution in [2.75, 3.05) is 40.2 Å². The van der Waals surface area contributed by atoms with Gasteiger partial charge in [-0.05, 0) is 92.2 Å². The van der Waals surface area contributed by atoms with Crippen LogP contribution in [-0.4, -0.2) is 64.0 Å². The van der Waals surface area contributed by atoms with E-state index in [9.17, 15) is 14.4 Å². The van der Waals surface area contributed by atoms with E-state index < -0.39 is 6.09 Å². The molecule has 1 atom stereocenters. The van der Waals surface area contributed by atoms with Crippen LogP contribution in [0.3, 0.4) is 0 Å². The molecule has 56 heavy (non-hydrogen) atoms. The topological polar surface area (TPSA) is 177 Å². The molecule has 0 aliphatic heterocycles. The first-order valence-corrected chi connectivity index (χ1v) is 17.9. The second kappa shape index (κ2) is 26.4. The number of nitrogen functional groups attached to an aromatic ring is 1. The van der Waals surface area contributed by atoms with Gasteiger partial charge in [-0.25, -0.2) is 14.6 Å². The number of rotatable bonds is 14. The fourth-order valence-corrected chi connectivity index (χ4v) is 5.03. The number of methoxy groups -OCH3 is 2. The van der Waals surface area contributed by atoms with Gasteiger partial charge in [0.15, 0.2) is 13.2 Å². The van der Waals surface area contributed by atoms with Crippen LogP contribution in [0.2, 0.25) is 0 Å². The largest absolute Gasteiger partial charge is 0.501 e. The minimum atomic E-state index is -0.596. The summed E-state index contributed by atoms with van der Waals surface area (Å²) in [6.07, 6.45) is 7.26. The van der Waals surface area contributed by atoms with Crippen LogP contribution in [0, 0.1) is 23.7 Å². The third-order valence-electron chi connectivity index (χ3n) is 7.97. The fraction of sp³-hybridized carbons (Fsp3) is 0.318. The highest BCUT2D eigenvalue weighted by molar-refractivity contribution is 5.89. The molecule has 1 aliphatic carbocycles. The number of carbonyl (C=O) groups excluding carboxylic acids is 3. The second-order valence-corrected chi connectivity index (χ2v) is 12.5. The summed E-state index contributed by atoms with van der Waals surface area (Å²) in [6, 6.07) is 17.8. The zero-order chi connectivity index (χ0) is 41.1. The molecule has 12 nitrogen and oxygen atoms in total. The van der Waals surface area contributed by atoms with E-state index in [0.717, 1.165) is 42.4 Å². The number of nitrogens with one attached hydrogen (secondary N) is 2. The Morgan fingerprint density at radius 1 is 0.964 bits per heavy atom. The molecule has 1 aromatic heterocycles. The average Bonchev–Trinajstić information content (AvgIpc) is 3.69. The number of anilines is 1. The van der Waals surface area contributed by atoms with E-state index in [4.69, 9.17) is 20.9 Å². The Labute approximate surface area is 330 Å². The molecule has 1 aliphatic rings. The number of nitrogens with two attached hydrogens (primary N) is 2. The zero-order valence-electron chi connectivity index (χ0n) is 32.7. The van der Waals surface area contributed by atoms with Crippen molar-refractivity contribution in [3.8, 4) is 23.7 Å². The molecule has 0 radical (unpaired) electrons. The number of alkyl carbamates (subject to hydrolysis) is 1. The summed E-state index contributed by atoms with van der Waals surface area (Å²) in [5, 5.41) is 5.73. The number of aryl methyl sites for hydroxylation is 1. The van der Waals surface area contributed by atoms with Crippen molar-refractivity contribution >= 4 is 24.4 Å². The predicted molar refractivity (Wildman–Crippen MR) is 219 cm³/mol. The molecule has 6 N–H and O–H groups in total. The molecule has 296 valence electrons. The van der Waals surface area contributed by atoms with Crippen molar-refractivity contribution in [3.63, 3.8) is 0 Å². The van der Waals surface area contributed by atoms with Crippen LogP contribution in [0.25, 0.3) is 0 Å². The van der Waals surface area contributed by atoms with Crippen LogP contribution in [0.1, 0.15) is 59.6 Å². The lowest BCUT2D eigenvalue weighted by atomic mass is 10.0. The van der Waals surface area contributed by atoms with Crippen LogP contribution in [-0.2, 0) is 54.5 Å². The predicted octanol–water partition coefficient (Wildman–Crippen LogP) is 5.29. The lowest BCUT2D eigenvalue weighted by Gasteiger charge is -2.06. The molecule has 0 spiro atoms. The maximum atomic E-state index is 11.8. The Kier molecular flexibility index (Phi) is 21.6. The SMILES string of the molecule is C=C(C)CCc1cccc(CN)c1.C=C(Cc1cc(C#CCOC=O)cc(C#CCOC(=O)NCc2ccnc(N)c2)c1)OC.CNC1CC=C(C(=O)OC)C1. The van der Waals surface area contributed by atoms with Gasteiger partial charge < -0.3 is 41.0 Å². The highest BCUT2D eigenvalue weighted by Crippen LogP contribution is 2.19. The van der Waals surface area contributed by atoms with Gasteiger partial charge in [-0.2, -0.15) is 0 Å². The van der Waals surface area contributed by atoms with E-state index in [1.54, 1.807) is 31.5 Å². The van der Waals surface area contributed by atoms with Crippen LogP contribution in [0.4, 0.5) is 10.6 Å². The molecular formula is C44H53N5O7. The Balaban J connectivity index is 0.000000365. The molecule has 3 aromatic rings. The summed E-state index contributed by atoms with van der Waals surface area (Å²) in [5.41, 5.74) is 18.8. The zero-order valence-corrected chi connectivity index (χ0v) is 32.7. The number of carbonyl (C=O) groups is 3. The standard InChI is InChI=1S/C24H23N3O5.C12H17N.C8H13NO2/c1-18(30-2)11-22-13-19(5-3-9-31-17-28)12-20(14-22)6-4-10-32-24(29)27-16-21-7-8-26-23(25)15-21;1-10(2)6-7-11-4-3-5-12(8-11)9-13;1-9-7-4-3-6(5-7)8(10)11-2/h7-8,12-15,17H,1,9-11,16H2,2H3,(H2,25,26)(H,27,29);3-5,8H,1,6-7,9,13H2,2H3;3,7,9H,4-5H2,1-2H3. The lowest BCUT2D eigenvalue weighted by molar-refractivity contribution is -0.136. The lowest BCUT2D eigenvalue weighted by Crippen LogP contribution is -2.23. The molecule has 2 aromatic carbocycles. The Morgan fingerprint density at radius 2 is 1.68 bits per heavy atom. The molecule has 0 saturated carbocycles. The summed E-state index contributed by atoms with van der Waals surface area (Å²) >= 11 is 0. The highest BCUT2D eigenvalue weighted by atomic mass is 16.5. The van der Waals surface area contributed by atoms with Gasteiger partial charge in [0.1, 0.15) is 5.82 Å². The number of nitrogens with zero attached hydrogens (tertiary/aromatic N) is 1. The minimum Gasteiger partial charge on any atom is -0.501 e. The molecule has 4 rings (SSSR count). The summed E-state index contributed by atoms with van der Waals surface area (Å²) < 4.78 is 19.4. The number of hydrogen-bond donors (Lipinski definition) is 4. The second-order valence-electron chi connectivity index (χ2n) is 12.5. The van der Waals surface area contributed by atoms with Gasteiger partial charge in [0.25, 0.3) is 6.47 Å². The van der Waals surface area contributed by atoms with Crippen LogP contribution < -0.4 is 22.1 Å². The Bertz CT molecular complexity index is 1930.